The second kappa shape index (κ2) is 11.8. The fourth-order valence-electron chi connectivity index (χ4n) is 3.50. The molecule has 0 aliphatic rings. The predicted molar refractivity (Wildman–Crippen MR) is 129 cm³/mol. The van der Waals surface area contributed by atoms with Crippen molar-refractivity contribution in [1.82, 2.24) is 4.90 Å². The van der Waals surface area contributed by atoms with Crippen LogP contribution in [0.1, 0.15) is 29.5 Å². The van der Waals surface area contributed by atoms with Crippen LogP contribution < -0.4 is 4.74 Å². The van der Waals surface area contributed by atoms with Gasteiger partial charge in [0.25, 0.3) is 5.09 Å². The van der Waals surface area contributed by atoms with Crippen LogP contribution in [0.4, 0.5) is 0 Å². The van der Waals surface area contributed by atoms with E-state index in [1.165, 1.54) is 4.90 Å². The molecule has 0 spiro atoms. The van der Waals surface area contributed by atoms with Gasteiger partial charge in [0.05, 0.1) is 26.0 Å². The molecule has 9 heteroatoms. The van der Waals surface area contributed by atoms with Crippen LogP contribution in [0.5, 0.6) is 5.75 Å². The molecule has 3 aromatic rings. The summed E-state index contributed by atoms with van der Waals surface area (Å²) in [6, 6.07) is 18.4. The molecule has 3 rings (SSSR count). The standard InChI is InChI=1S/C26H28N2O7/c1-18(21-8-9-23-16-24(33-3)11-10-22(23)15-21)26(30)34-13-12-27(2)25(29)14-19-4-6-20(7-5-19)17-35-28(31)32/h4-11,15-16,18H,12-14,17H2,1-3H3/t18-/m0/s1. The first-order valence-electron chi connectivity index (χ1n) is 11.1. The number of carbonyl (C=O) groups is 2. The summed E-state index contributed by atoms with van der Waals surface area (Å²) in [4.78, 5) is 41.1. The zero-order chi connectivity index (χ0) is 25.4. The summed E-state index contributed by atoms with van der Waals surface area (Å²) in [5.74, 6) is -0.157. The van der Waals surface area contributed by atoms with E-state index in [1.54, 1.807) is 45.3 Å². The largest absolute Gasteiger partial charge is 0.497 e. The number of likely N-dealkylation sites (N-methyl/N-ethyl adjacent to an activating group) is 1. The normalized spacial score (nSPS) is 11.5. The van der Waals surface area contributed by atoms with Gasteiger partial charge in [0.15, 0.2) is 0 Å². The van der Waals surface area contributed by atoms with Crippen LogP contribution in [0, 0.1) is 10.1 Å². The molecule has 0 aliphatic carbocycles. The molecule has 0 saturated carbocycles. The fourth-order valence-corrected chi connectivity index (χ4v) is 3.50. The SMILES string of the molecule is COc1ccc2cc([C@H](C)C(=O)OCCN(C)C(=O)Cc3ccc(CO[N+](=O)[O-])cc3)ccc2c1. The van der Waals surface area contributed by atoms with Gasteiger partial charge in [-0.2, -0.15) is 0 Å². The lowest BCUT2D eigenvalue weighted by Gasteiger charge is -2.18. The number of hydrogen-bond acceptors (Lipinski definition) is 7. The lowest BCUT2D eigenvalue weighted by molar-refractivity contribution is -0.763. The quantitative estimate of drug-likeness (QED) is 0.233. The molecular weight excluding hydrogens is 452 g/mol. The molecule has 0 unspecified atom stereocenters. The summed E-state index contributed by atoms with van der Waals surface area (Å²) >= 11 is 0. The first-order chi connectivity index (χ1) is 16.8. The highest BCUT2D eigenvalue weighted by Gasteiger charge is 2.18. The molecule has 0 bridgehead atoms. The minimum Gasteiger partial charge on any atom is -0.497 e. The lowest BCUT2D eigenvalue weighted by atomic mass is 9.98. The average Bonchev–Trinajstić information content (AvgIpc) is 2.86. The molecule has 9 nitrogen and oxygen atoms in total. The Kier molecular flexibility index (Phi) is 8.61. The fraction of sp³-hybridized carbons (Fsp3) is 0.308. The van der Waals surface area contributed by atoms with Gasteiger partial charge in [-0.3, -0.25) is 9.59 Å². The Bertz CT molecular complexity index is 1190. The van der Waals surface area contributed by atoms with E-state index in [2.05, 4.69) is 4.84 Å². The summed E-state index contributed by atoms with van der Waals surface area (Å²) in [7, 11) is 3.27. The topological polar surface area (TPSA) is 108 Å². The number of fused-ring (bicyclic) bond motifs is 1. The van der Waals surface area contributed by atoms with Crippen molar-refractivity contribution in [2.24, 2.45) is 0 Å². The third kappa shape index (κ3) is 7.17. The number of rotatable bonds is 11. The van der Waals surface area contributed by atoms with Gasteiger partial charge in [0.1, 0.15) is 19.0 Å². The van der Waals surface area contributed by atoms with Crippen LogP contribution in [0.15, 0.2) is 60.7 Å². The molecule has 3 aromatic carbocycles. The number of methoxy groups -OCH3 is 1. The Hall–Kier alpha value is -4.14. The maximum absolute atomic E-state index is 12.6. The Labute approximate surface area is 203 Å². The molecule has 0 radical (unpaired) electrons. The first kappa shape index (κ1) is 25.5. The van der Waals surface area contributed by atoms with Gasteiger partial charge in [-0.15, -0.1) is 10.1 Å². The smallest absolute Gasteiger partial charge is 0.313 e. The van der Waals surface area contributed by atoms with Crippen LogP contribution in [0.25, 0.3) is 10.8 Å². The number of benzene rings is 3. The van der Waals surface area contributed by atoms with Gasteiger partial charge in [0, 0.05) is 7.05 Å². The molecular formula is C26H28N2O7. The van der Waals surface area contributed by atoms with Crippen molar-refractivity contribution in [1.29, 1.82) is 0 Å². The molecule has 0 saturated heterocycles. The van der Waals surface area contributed by atoms with E-state index in [1.807, 2.05) is 36.4 Å². The number of esters is 1. The molecule has 184 valence electrons. The first-order valence-corrected chi connectivity index (χ1v) is 11.1. The Balaban J connectivity index is 1.46. The van der Waals surface area contributed by atoms with Crippen molar-refractivity contribution in [2.75, 3.05) is 27.3 Å². The highest BCUT2D eigenvalue weighted by Crippen LogP contribution is 2.25. The van der Waals surface area contributed by atoms with Crippen molar-refractivity contribution >= 4 is 22.6 Å². The number of carbonyl (C=O) groups excluding carboxylic acids is 2. The second-order valence-electron chi connectivity index (χ2n) is 8.17. The molecule has 0 aromatic heterocycles. The van der Waals surface area contributed by atoms with Crippen LogP contribution in [-0.4, -0.2) is 49.2 Å². The molecule has 0 fully saturated rings. The van der Waals surface area contributed by atoms with Gasteiger partial charge >= 0.3 is 5.97 Å². The third-order valence-electron chi connectivity index (χ3n) is 5.74. The zero-order valence-corrected chi connectivity index (χ0v) is 19.9. The van der Waals surface area contributed by atoms with Gasteiger partial charge in [0.2, 0.25) is 5.91 Å². The second-order valence-corrected chi connectivity index (χ2v) is 8.17. The number of hydrogen-bond donors (Lipinski definition) is 0. The Morgan fingerprint density at radius 3 is 2.34 bits per heavy atom. The Morgan fingerprint density at radius 1 is 1.00 bits per heavy atom. The van der Waals surface area contributed by atoms with Gasteiger partial charge < -0.3 is 19.2 Å². The summed E-state index contributed by atoms with van der Waals surface area (Å²) in [5.41, 5.74) is 2.26. The third-order valence-corrected chi connectivity index (χ3v) is 5.74. The molecule has 0 N–H and O–H groups in total. The maximum Gasteiger partial charge on any atom is 0.313 e. The van der Waals surface area contributed by atoms with E-state index in [-0.39, 0.29) is 38.1 Å². The lowest BCUT2D eigenvalue weighted by Crippen LogP contribution is -2.32. The van der Waals surface area contributed by atoms with Gasteiger partial charge in [-0.05, 0) is 46.5 Å². The molecule has 1 amide bonds. The van der Waals surface area contributed by atoms with Crippen molar-refractivity contribution in [2.45, 2.75) is 25.9 Å². The van der Waals surface area contributed by atoms with Gasteiger partial charge in [-0.1, -0.05) is 48.5 Å². The van der Waals surface area contributed by atoms with E-state index in [0.29, 0.717) is 5.56 Å². The van der Waals surface area contributed by atoms with E-state index in [4.69, 9.17) is 9.47 Å². The minimum absolute atomic E-state index is 0.0906. The predicted octanol–water partition coefficient (Wildman–Crippen LogP) is 3.90. The minimum atomic E-state index is -0.848. The molecule has 1 atom stereocenters. The molecule has 0 aliphatic heterocycles. The molecule has 35 heavy (non-hydrogen) atoms. The van der Waals surface area contributed by atoms with E-state index in [9.17, 15) is 19.7 Å². The monoisotopic (exact) mass is 480 g/mol. The van der Waals surface area contributed by atoms with Crippen molar-refractivity contribution in [3.8, 4) is 5.75 Å². The van der Waals surface area contributed by atoms with Crippen LogP contribution in [-0.2, 0) is 32.2 Å². The van der Waals surface area contributed by atoms with Gasteiger partial charge in [-0.25, -0.2) is 0 Å². The highest BCUT2D eigenvalue weighted by atomic mass is 16.9. The van der Waals surface area contributed by atoms with Crippen LogP contribution in [0.3, 0.4) is 0 Å². The Morgan fingerprint density at radius 2 is 1.66 bits per heavy atom. The summed E-state index contributed by atoms with van der Waals surface area (Å²) in [5, 5.41) is 11.4. The number of amides is 1. The van der Waals surface area contributed by atoms with Crippen LogP contribution in [0.2, 0.25) is 0 Å². The zero-order valence-electron chi connectivity index (χ0n) is 19.9. The maximum atomic E-state index is 12.6. The van der Waals surface area contributed by atoms with E-state index in [0.717, 1.165) is 27.6 Å². The van der Waals surface area contributed by atoms with Crippen molar-refractivity contribution in [3.63, 3.8) is 0 Å². The summed E-state index contributed by atoms with van der Waals surface area (Å²) in [6.45, 7) is 2.01. The van der Waals surface area contributed by atoms with Crippen molar-refractivity contribution in [3.05, 3.63) is 87.5 Å². The summed E-state index contributed by atoms with van der Waals surface area (Å²) in [6.07, 6.45) is 0.166. The summed E-state index contributed by atoms with van der Waals surface area (Å²) < 4.78 is 10.7. The number of nitrogens with zero attached hydrogens (tertiary/aromatic N) is 2. The molecule has 0 heterocycles. The van der Waals surface area contributed by atoms with E-state index >= 15 is 0 Å². The number of ether oxygens (including phenoxy) is 2. The highest BCUT2D eigenvalue weighted by molar-refractivity contribution is 5.86. The van der Waals surface area contributed by atoms with Crippen LogP contribution >= 0.6 is 0 Å². The van der Waals surface area contributed by atoms with Crippen molar-refractivity contribution < 1.29 is 29.0 Å². The average molecular weight is 481 g/mol. The van der Waals surface area contributed by atoms with E-state index < -0.39 is 11.0 Å².